The van der Waals surface area contributed by atoms with Crippen molar-refractivity contribution in [3.05, 3.63) is 60.2 Å². The third-order valence-corrected chi connectivity index (χ3v) is 5.70. The van der Waals surface area contributed by atoms with Crippen LogP contribution in [0.5, 0.6) is 0 Å². The van der Waals surface area contributed by atoms with Crippen molar-refractivity contribution in [2.24, 2.45) is 11.8 Å². The molecule has 0 aliphatic heterocycles. The van der Waals surface area contributed by atoms with Crippen molar-refractivity contribution in [1.29, 1.82) is 0 Å². The number of benzene rings is 2. The van der Waals surface area contributed by atoms with E-state index in [1.165, 1.54) is 16.7 Å². The molecule has 122 valence electrons. The molecule has 1 N–H and O–H groups in total. The van der Waals surface area contributed by atoms with E-state index in [1.807, 2.05) is 0 Å². The molecule has 1 fully saturated rings. The zero-order chi connectivity index (χ0) is 16.4. The van der Waals surface area contributed by atoms with E-state index in [0.29, 0.717) is 11.8 Å². The van der Waals surface area contributed by atoms with E-state index in [0.717, 1.165) is 19.3 Å². The van der Waals surface area contributed by atoms with Crippen LogP contribution in [-0.2, 0) is 5.41 Å². The Balaban J connectivity index is 1.96. The molecule has 3 atom stereocenters. The lowest BCUT2D eigenvalue weighted by Gasteiger charge is -2.43. The van der Waals surface area contributed by atoms with Gasteiger partial charge in [-0.2, -0.15) is 0 Å². The zero-order valence-corrected chi connectivity index (χ0v) is 14.5. The maximum absolute atomic E-state index is 10.7. The van der Waals surface area contributed by atoms with Crippen molar-refractivity contribution < 1.29 is 5.11 Å². The van der Waals surface area contributed by atoms with Crippen LogP contribution >= 0.6 is 0 Å². The molecule has 0 heterocycles. The average molecular weight is 308 g/mol. The summed E-state index contributed by atoms with van der Waals surface area (Å²) < 4.78 is 0. The van der Waals surface area contributed by atoms with Crippen LogP contribution in [0.3, 0.4) is 0 Å². The standard InChI is InChI=1S/C22H28O/c1-16(2)18-13-14-22(3,15-21(18)23)20-12-8-7-11-19(20)17-9-5-4-6-10-17/h4-12,16,18,21,23H,13-15H2,1-3H3/t18?,21?,22-/m0/s1. The van der Waals surface area contributed by atoms with E-state index in [9.17, 15) is 5.11 Å². The van der Waals surface area contributed by atoms with E-state index in [1.54, 1.807) is 0 Å². The molecule has 0 spiro atoms. The Hall–Kier alpha value is -1.60. The zero-order valence-electron chi connectivity index (χ0n) is 14.5. The van der Waals surface area contributed by atoms with E-state index >= 15 is 0 Å². The fourth-order valence-electron chi connectivity index (χ4n) is 4.29. The second-order valence-electron chi connectivity index (χ2n) is 7.69. The molecule has 1 aliphatic rings. The SMILES string of the molecule is CC(C)C1CC[C@](C)(c2ccccc2-c2ccccc2)CC1O. The van der Waals surface area contributed by atoms with Crippen LogP contribution in [0.4, 0.5) is 0 Å². The second-order valence-corrected chi connectivity index (χ2v) is 7.69. The monoisotopic (exact) mass is 308 g/mol. The highest BCUT2D eigenvalue weighted by atomic mass is 16.3. The quantitative estimate of drug-likeness (QED) is 0.801. The molecule has 2 aromatic carbocycles. The van der Waals surface area contributed by atoms with E-state index in [4.69, 9.17) is 0 Å². The predicted molar refractivity (Wildman–Crippen MR) is 97.4 cm³/mol. The summed E-state index contributed by atoms with van der Waals surface area (Å²) in [6.45, 7) is 6.79. The van der Waals surface area contributed by atoms with Crippen molar-refractivity contribution in [2.75, 3.05) is 0 Å². The number of rotatable bonds is 3. The number of hydrogen-bond donors (Lipinski definition) is 1. The van der Waals surface area contributed by atoms with Gasteiger partial charge in [-0.05, 0) is 53.2 Å². The van der Waals surface area contributed by atoms with Crippen molar-refractivity contribution in [1.82, 2.24) is 0 Å². The molecule has 1 aliphatic carbocycles. The van der Waals surface area contributed by atoms with Crippen LogP contribution in [0.2, 0.25) is 0 Å². The predicted octanol–water partition coefficient (Wildman–Crippen LogP) is 5.43. The summed E-state index contributed by atoms with van der Waals surface area (Å²) in [4.78, 5) is 0. The normalized spacial score (nSPS) is 28.0. The van der Waals surface area contributed by atoms with Gasteiger partial charge in [-0.3, -0.25) is 0 Å². The molecule has 1 heteroatoms. The highest BCUT2D eigenvalue weighted by molar-refractivity contribution is 5.68. The largest absolute Gasteiger partial charge is 0.393 e. The fourth-order valence-corrected chi connectivity index (χ4v) is 4.29. The van der Waals surface area contributed by atoms with Crippen LogP contribution in [0.25, 0.3) is 11.1 Å². The van der Waals surface area contributed by atoms with Gasteiger partial charge >= 0.3 is 0 Å². The van der Waals surface area contributed by atoms with Gasteiger partial charge in [0.25, 0.3) is 0 Å². The Labute approximate surface area is 140 Å². The minimum atomic E-state index is -0.197. The lowest BCUT2D eigenvalue weighted by molar-refractivity contribution is 0.0153. The van der Waals surface area contributed by atoms with Crippen LogP contribution in [0.15, 0.2) is 54.6 Å². The Kier molecular flexibility index (Phi) is 4.59. The maximum Gasteiger partial charge on any atom is 0.0579 e. The summed E-state index contributed by atoms with van der Waals surface area (Å²) in [5.41, 5.74) is 4.01. The summed E-state index contributed by atoms with van der Waals surface area (Å²) in [5.74, 6) is 0.992. The molecular formula is C22H28O. The molecule has 0 aromatic heterocycles. The number of aliphatic hydroxyl groups excluding tert-OH is 1. The van der Waals surface area contributed by atoms with Gasteiger partial charge in [-0.25, -0.2) is 0 Å². The fraction of sp³-hybridized carbons (Fsp3) is 0.455. The van der Waals surface area contributed by atoms with Gasteiger partial charge in [-0.1, -0.05) is 75.4 Å². The van der Waals surface area contributed by atoms with E-state index in [-0.39, 0.29) is 11.5 Å². The van der Waals surface area contributed by atoms with E-state index in [2.05, 4.69) is 75.4 Å². The first kappa shape index (κ1) is 16.3. The van der Waals surface area contributed by atoms with Crippen LogP contribution < -0.4 is 0 Å². The molecule has 0 radical (unpaired) electrons. The third-order valence-electron chi connectivity index (χ3n) is 5.70. The molecule has 3 rings (SSSR count). The summed E-state index contributed by atoms with van der Waals surface area (Å²) in [6, 6.07) is 19.3. The molecular weight excluding hydrogens is 280 g/mol. The summed E-state index contributed by atoms with van der Waals surface area (Å²) in [7, 11) is 0. The maximum atomic E-state index is 10.7. The lowest BCUT2D eigenvalue weighted by atomic mass is 9.63. The summed E-state index contributed by atoms with van der Waals surface area (Å²) >= 11 is 0. The van der Waals surface area contributed by atoms with Crippen LogP contribution in [0, 0.1) is 11.8 Å². The van der Waals surface area contributed by atoms with Gasteiger partial charge in [0.2, 0.25) is 0 Å². The van der Waals surface area contributed by atoms with Gasteiger partial charge < -0.3 is 5.11 Å². The Morgan fingerprint density at radius 1 is 1.00 bits per heavy atom. The smallest absolute Gasteiger partial charge is 0.0579 e. The van der Waals surface area contributed by atoms with Crippen LogP contribution in [-0.4, -0.2) is 11.2 Å². The molecule has 1 saturated carbocycles. The molecule has 0 saturated heterocycles. The summed E-state index contributed by atoms with van der Waals surface area (Å²) in [5, 5.41) is 10.7. The lowest BCUT2D eigenvalue weighted by Crippen LogP contribution is -2.40. The van der Waals surface area contributed by atoms with Gasteiger partial charge in [0.15, 0.2) is 0 Å². The van der Waals surface area contributed by atoms with Crippen LogP contribution in [0.1, 0.15) is 45.6 Å². The second kappa shape index (κ2) is 6.49. The molecule has 1 nitrogen and oxygen atoms in total. The van der Waals surface area contributed by atoms with Gasteiger partial charge in [-0.15, -0.1) is 0 Å². The number of aliphatic hydroxyl groups is 1. The molecule has 0 bridgehead atoms. The Bertz CT molecular complexity index is 646. The molecule has 0 amide bonds. The van der Waals surface area contributed by atoms with Gasteiger partial charge in [0, 0.05) is 0 Å². The highest BCUT2D eigenvalue weighted by Gasteiger charge is 2.40. The van der Waals surface area contributed by atoms with Crippen molar-refractivity contribution in [2.45, 2.75) is 51.6 Å². The highest BCUT2D eigenvalue weighted by Crippen LogP contribution is 2.46. The minimum absolute atomic E-state index is 0.0528. The topological polar surface area (TPSA) is 20.2 Å². The first-order valence-corrected chi connectivity index (χ1v) is 8.84. The Morgan fingerprint density at radius 2 is 1.65 bits per heavy atom. The van der Waals surface area contributed by atoms with Gasteiger partial charge in [0.05, 0.1) is 6.10 Å². The molecule has 2 unspecified atom stereocenters. The number of hydrogen-bond acceptors (Lipinski definition) is 1. The molecule has 23 heavy (non-hydrogen) atoms. The van der Waals surface area contributed by atoms with E-state index < -0.39 is 0 Å². The first-order valence-electron chi connectivity index (χ1n) is 8.84. The van der Waals surface area contributed by atoms with Crippen molar-refractivity contribution in [3.8, 4) is 11.1 Å². The van der Waals surface area contributed by atoms with Crippen molar-refractivity contribution >= 4 is 0 Å². The van der Waals surface area contributed by atoms with Crippen molar-refractivity contribution in [3.63, 3.8) is 0 Å². The first-order chi connectivity index (χ1) is 11.0. The third kappa shape index (κ3) is 3.21. The Morgan fingerprint density at radius 3 is 2.30 bits per heavy atom. The molecule has 2 aromatic rings. The average Bonchev–Trinajstić information content (AvgIpc) is 2.55. The van der Waals surface area contributed by atoms with Gasteiger partial charge in [0.1, 0.15) is 0 Å². The summed E-state index contributed by atoms with van der Waals surface area (Å²) in [6.07, 6.45) is 2.92. The minimum Gasteiger partial charge on any atom is -0.393 e.